The predicted octanol–water partition coefficient (Wildman–Crippen LogP) is 10.1. The summed E-state index contributed by atoms with van der Waals surface area (Å²) in [5, 5.41) is 9.91. The van der Waals surface area contributed by atoms with Crippen molar-refractivity contribution in [3.8, 4) is 5.75 Å². The number of carbonyl (C=O) groups excluding carboxylic acids is 1. The van der Waals surface area contributed by atoms with Crippen molar-refractivity contribution in [2.45, 2.75) is 156 Å². The van der Waals surface area contributed by atoms with Crippen molar-refractivity contribution in [1.82, 2.24) is 0 Å². The summed E-state index contributed by atoms with van der Waals surface area (Å²) in [5.41, 5.74) is 1.18. The molecular formula is C32H56O3. The minimum atomic E-state index is -0.441. The molecule has 0 amide bonds. The van der Waals surface area contributed by atoms with Gasteiger partial charge in [-0.25, -0.2) is 0 Å². The van der Waals surface area contributed by atoms with E-state index >= 15 is 0 Å². The van der Waals surface area contributed by atoms with Crippen LogP contribution in [0.3, 0.4) is 0 Å². The fraction of sp³-hybridized carbons (Fsp3) is 0.781. The van der Waals surface area contributed by atoms with Crippen molar-refractivity contribution in [2.75, 3.05) is 0 Å². The molecule has 1 aromatic rings. The molecule has 0 saturated heterocycles. The standard InChI is InChI=1S/C32H56O3/c1-31(2,3)25-18-16-14-12-10-8-7-9-11-13-15-17-20-27(28-21-19-22-29(33)26-28)23-24-30(34)35-32(4,5)6/h19,21-22,26-27,33H,7-18,20,23-25H2,1-6H3. The van der Waals surface area contributed by atoms with Gasteiger partial charge >= 0.3 is 5.97 Å². The van der Waals surface area contributed by atoms with Crippen LogP contribution in [0.1, 0.15) is 156 Å². The number of unbranched alkanes of at least 4 members (excludes halogenated alkanes) is 11. The van der Waals surface area contributed by atoms with Gasteiger partial charge in [0.1, 0.15) is 11.4 Å². The Morgan fingerprint density at radius 2 is 1.29 bits per heavy atom. The van der Waals surface area contributed by atoms with Crippen LogP contribution in [-0.4, -0.2) is 16.7 Å². The van der Waals surface area contributed by atoms with Crippen LogP contribution in [0.5, 0.6) is 5.75 Å². The lowest BCUT2D eigenvalue weighted by atomic mass is 9.88. The largest absolute Gasteiger partial charge is 0.508 e. The topological polar surface area (TPSA) is 46.5 Å². The first-order chi connectivity index (χ1) is 16.5. The molecule has 1 atom stereocenters. The average Bonchev–Trinajstić information content (AvgIpc) is 2.74. The summed E-state index contributed by atoms with van der Waals surface area (Å²) in [6.07, 6.45) is 19.8. The normalized spacial score (nSPS) is 13.1. The number of rotatable bonds is 18. The molecule has 0 aromatic heterocycles. The highest BCUT2D eigenvalue weighted by Crippen LogP contribution is 2.30. The highest BCUT2D eigenvalue weighted by atomic mass is 16.6. The van der Waals surface area contributed by atoms with E-state index in [4.69, 9.17) is 4.74 Å². The molecule has 0 aliphatic carbocycles. The third-order valence-corrected chi connectivity index (χ3v) is 6.69. The van der Waals surface area contributed by atoms with E-state index in [9.17, 15) is 9.90 Å². The van der Waals surface area contributed by atoms with E-state index in [1.54, 1.807) is 6.07 Å². The number of hydrogen-bond donors (Lipinski definition) is 1. The monoisotopic (exact) mass is 488 g/mol. The molecule has 1 unspecified atom stereocenters. The minimum absolute atomic E-state index is 0.132. The zero-order valence-electron chi connectivity index (χ0n) is 24.0. The maximum atomic E-state index is 12.2. The Morgan fingerprint density at radius 3 is 1.77 bits per heavy atom. The molecule has 202 valence electrons. The van der Waals surface area contributed by atoms with Crippen LogP contribution < -0.4 is 0 Å². The summed E-state index contributed by atoms with van der Waals surface area (Å²) < 4.78 is 5.49. The molecule has 0 fully saturated rings. The molecule has 1 rings (SSSR count). The molecule has 3 nitrogen and oxygen atoms in total. The Morgan fingerprint density at radius 1 is 0.771 bits per heavy atom. The molecule has 1 N–H and O–H groups in total. The summed E-state index contributed by atoms with van der Waals surface area (Å²) >= 11 is 0. The Labute approximate surface area is 217 Å². The van der Waals surface area contributed by atoms with Crippen molar-refractivity contribution in [1.29, 1.82) is 0 Å². The van der Waals surface area contributed by atoms with Gasteiger partial charge in [0.15, 0.2) is 0 Å². The smallest absolute Gasteiger partial charge is 0.306 e. The lowest BCUT2D eigenvalue weighted by Crippen LogP contribution is -2.24. The zero-order valence-corrected chi connectivity index (χ0v) is 24.0. The molecule has 0 spiro atoms. The third-order valence-electron chi connectivity index (χ3n) is 6.69. The minimum Gasteiger partial charge on any atom is -0.508 e. The lowest BCUT2D eigenvalue weighted by Gasteiger charge is -2.21. The highest BCUT2D eigenvalue weighted by Gasteiger charge is 2.19. The van der Waals surface area contributed by atoms with Crippen LogP contribution in [0.2, 0.25) is 0 Å². The van der Waals surface area contributed by atoms with E-state index < -0.39 is 5.60 Å². The lowest BCUT2D eigenvalue weighted by molar-refractivity contribution is -0.155. The van der Waals surface area contributed by atoms with Gasteiger partial charge in [0.05, 0.1) is 0 Å². The Bertz CT molecular complexity index is 681. The van der Waals surface area contributed by atoms with E-state index in [0.29, 0.717) is 17.6 Å². The molecule has 0 saturated carbocycles. The van der Waals surface area contributed by atoms with Gasteiger partial charge in [0, 0.05) is 6.42 Å². The fourth-order valence-electron chi connectivity index (χ4n) is 4.75. The molecule has 3 heteroatoms. The number of carbonyl (C=O) groups is 1. The van der Waals surface area contributed by atoms with Crippen LogP contribution in [-0.2, 0) is 9.53 Å². The second kappa shape index (κ2) is 17.0. The number of hydrogen-bond acceptors (Lipinski definition) is 3. The summed E-state index contributed by atoms with van der Waals surface area (Å²) in [6.45, 7) is 12.7. The highest BCUT2D eigenvalue weighted by molar-refractivity contribution is 5.69. The van der Waals surface area contributed by atoms with Crippen LogP contribution in [0.15, 0.2) is 24.3 Å². The van der Waals surface area contributed by atoms with Gasteiger partial charge < -0.3 is 9.84 Å². The maximum absolute atomic E-state index is 12.2. The van der Waals surface area contributed by atoms with E-state index in [0.717, 1.165) is 18.4 Å². The van der Waals surface area contributed by atoms with Crippen LogP contribution >= 0.6 is 0 Å². The Kier molecular flexibility index (Phi) is 15.3. The molecule has 0 bridgehead atoms. The molecule has 0 heterocycles. The van der Waals surface area contributed by atoms with Gasteiger partial charge in [0.25, 0.3) is 0 Å². The number of esters is 1. The number of benzene rings is 1. The summed E-state index contributed by atoms with van der Waals surface area (Å²) in [6, 6.07) is 7.53. The van der Waals surface area contributed by atoms with Crippen LogP contribution in [0.4, 0.5) is 0 Å². The maximum Gasteiger partial charge on any atom is 0.306 e. The molecule has 0 aliphatic rings. The second-order valence-corrected chi connectivity index (χ2v) is 12.8. The number of ether oxygens (including phenoxy) is 1. The van der Waals surface area contributed by atoms with E-state index in [1.165, 1.54) is 83.5 Å². The van der Waals surface area contributed by atoms with Crippen molar-refractivity contribution >= 4 is 5.97 Å². The number of phenols is 1. The first kappa shape index (κ1) is 31.5. The van der Waals surface area contributed by atoms with Crippen LogP contribution in [0, 0.1) is 5.41 Å². The molecule has 0 aliphatic heterocycles. The van der Waals surface area contributed by atoms with Crippen LogP contribution in [0.25, 0.3) is 0 Å². The first-order valence-corrected chi connectivity index (χ1v) is 14.5. The first-order valence-electron chi connectivity index (χ1n) is 14.5. The van der Waals surface area contributed by atoms with Gasteiger partial charge in [-0.2, -0.15) is 0 Å². The quantitative estimate of drug-likeness (QED) is 0.165. The predicted molar refractivity (Wildman–Crippen MR) is 150 cm³/mol. The second-order valence-electron chi connectivity index (χ2n) is 12.8. The third kappa shape index (κ3) is 18.4. The number of aromatic hydroxyl groups is 1. The molecular weight excluding hydrogens is 432 g/mol. The zero-order chi connectivity index (χ0) is 26.2. The van der Waals surface area contributed by atoms with Gasteiger partial charge in [0.2, 0.25) is 0 Å². The van der Waals surface area contributed by atoms with Crippen molar-refractivity contribution in [3.05, 3.63) is 29.8 Å². The molecule has 1 aromatic carbocycles. The SMILES string of the molecule is CC(C)(C)CCCCCCCCCCCCCCC(CCC(=O)OC(C)(C)C)c1cccc(O)c1. The molecule has 35 heavy (non-hydrogen) atoms. The average molecular weight is 489 g/mol. The van der Waals surface area contributed by atoms with Gasteiger partial charge in [-0.1, -0.05) is 110 Å². The van der Waals surface area contributed by atoms with Crippen molar-refractivity contribution in [2.24, 2.45) is 5.41 Å². The Balaban J connectivity index is 2.17. The van der Waals surface area contributed by atoms with E-state index in [2.05, 4.69) is 26.8 Å². The van der Waals surface area contributed by atoms with Crippen molar-refractivity contribution < 1.29 is 14.6 Å². The van der Waals surface area contributed by atoms with Gasteiger partial charge in [-0.05, 0) is 69.1 Å². The van der Waals surface area contributed by atoms with E-state index in [-0.39, 0.29) is 11.9 Å². The van der Waals surface area contributed by atoms with Gasteiger partial charge in [-0.3, -0.25) is 4.79 Å². The van der Waals surface area contributed by atoms with E-state index in [1.807, 2.05) is 32.9 Å². The number of phenolic OH excluding ortho intramolecular Hbond substituents is 1. The summed E-state index contributed by atoms with van der Waals surface area (Å²) in [5.74, 6) is 0.459. The van der Waals surface area contributed by atoms with Crippen molar-refractivity contribution in [3.63, 3.8) is 0 Å². The summed E-state index contributed by atoms with van der Waals surface area (Å²) in [4.78, 5) is 12.2. The fourth-order valence-corrected chi connectivity index (χ4v) is 4.75. The summed E-state index contributed by atoms with van der Waals surface area (Å²) in [7, 11) is 0. The van der Waals surface area contributed by atoms with Gasteiger partial charge in [-0.15, -0.1) is 0 Å². The molecule has 0 radical (unpaired) electrons. The Hall–Kier alpha value is -1.51.